The maximum absolute atomic E-state index is 13.8. The number of hydrogen-bond acceptors (Lipinski definition) is 2. The van der Waals surface area contributed by atoms with E-state index in [-0.39, 0.29) is 31.1 Å². The minimum atomic E-state index is -2.70. The first-order valence-electron chi connectivity index (χ1n) is 7.68. The monoisotopic (exact) mass is 313 g/mol. The van der Waals surface area contributed by atoms with Crippen LogP contribution in [0.2, 0.25) is 0 Å². The van der Waals surface area contributed by atoms with E-state index < -0.39 is 11.7 Å². The molecule has 1 aliphatic heterocycles. The van der Waals surface area contributed by atoms with Gasteiger partial charge in [-0.2, -0.15) is 0 Å². The summed E-state index contributed by atoms with van der Waals surface area (Å²) in [6.07, 6.45) is -0.184. The molecule has 0 aliphatic carbocycles. The molecule has 1 fully saturated rings. The number of rotatable bonds is 2. The fraction of sp³-hybridized carbons (Fsp3) is 0.562. The number of benzene rings is 1. The quantitative estimate of drug-likeness (QED) is 0.806. The Morgan fingerprint density at radius 1 is 1.23 bits per heavy atom. The third-order valence-electron chi connectivity index (χ3n) is 3.62. The summed E-state index contributed by atoms with van der Waals surface area (Å²) < 4.78 is 42.4. The van der Waals surface area contributed by atoms with Gasteiger partial charge in [0, 0.05) is 19.0 Å². The van der Waals surface area contributed by atoms with E-state index in [9.17, 15) is 13.2 Å². The highest BCUT2D eigenvalue weighted by molar-refractivity contribution is 5.79. The highest BCUT2D eigenvalue weighted by Crippen LogP contribution is 2.34. The van der Waals surface area contributed by atoms with Gasteiger partial charge in [0.2, 0.25) is 5.95 Å². The smallest absolute Gasteiger partial charge is 0.267 e. The second-order valence-corrected chi connectivity index (χ2v) is 5.51. The summed E-state index contributed by atoms with van der Waals surface area (Å²) in [5.41, 5.74) is 0.886. The molecule has 1 aliphatic rings. The zero-order chi connectivity index (χ0) is 16.5. The highest BCUT2D eigenvalue weighted by Gasteiger charge is 2.40. The van der Waals surface area contributed by atoms with Gasteiger partial charge in [-0.05, 0) is 26.0 Å². The predicted octanol–water partition coefficient (Wildman–Crippen LogP) is 4.63. The van der Waals surface area contributed by atoms with Crippen molar-refractivity contribution in [2.75, 3.05) is 18.0 Å². The van der Waals surface area contributed by atoms with Crippen LogP contribution in [-0.2, 0) is 0 Å². The Hall–Kier alpha value is -1.72. The summed E-state index contributed by atoms with van der Waals surface area (Å²) in [4.78, 5) is 5.80. The molecule has 0 N–H and O–H groups in total. The Bertz CT molecular complexity index is 649. The molecule has 22 heavy (non-hydrogen) atoms. The number of imidazole rings is 1. The number of hydrogen-bond donors (Lipinski definition) is 0. The second kappa shape index (κ2) is 6.18. The Labute approximate surface area is 128 Å². The van der Waals surface area contributed by atoms with E-state index in [2.05, 4.69) is 4.98 Å². The van der Waals surface area contributed by atoms with Crippen LogP contribution in [0.4, 0.5) is 19.1 Å². The molecule has 3 nitrogen and oxygen atoms in total. The van der Waals surface area contributed by atoms with Crippen molar-refractivity contribution in [3.63, 3.8) is 0 Å². The van der Waals surface area contributed by atoms with Crippen LogP contribution in [0.25, 0.3) is 11.0 Å². The fourth-order valence-electron chi connectivity index (χ4n) is 2.71. The van der Waals surface area contributed by atoms with Crippen molar-refractivity contribution in [3.05, 3.63) is 24.0 Å². The Balaban J connectivity index is 0.000000847. The minimum Gasteiger partial charge on any atom is -0.336 e. The van der Waals surface area contributed by atoms with E-state index >= 15 is 0 Å². The number of aromatic nitrogens is 2. The summed E-state index contributed by atoms with van der Waals surface area (Å²) in [7, 11) is 0. The third-order valence-corrected chi connectivity index (χ3v) is 3.62. The number of nitrogens with zero attached hydrogens (tertiary/aromatic N) is 3. The molecule has 0 spiro atoms. The molecule has 2 aromatic rings. The maximum atomic E-state index is 13.8. The highest BCUT2D eigenvalue weighted by atomic mass is 19.3. The van der Waals surface area contributed by atoms with Gasteiger partial charge in [0.1, 0.15) is 5.52 Å². The predicted molar refractivity (Wildman–Crippen MR) is 83.2 cm³/mol. The topological polar surface area (TPSA) is 21.1 Å². The summed E-state index contributed by atoms with van der Waals surface area (Å²) in [6, 6.07) is 4.73. The van der Waals surface area contributed by atoms with Gasteiger partial charge < -0.3 is 9.47 Å². The molecule has 2 heterocycles. The number of halogens is 3. The van der Waals surface area contributed by atoms with Crippen LogP contribution in [0.5, 0.6) is 0 Å². The molecule has 6 heteroatoms. The third kappa shape index (κ3) is 2.91. The van der Waals surface area contributed by atoms with Crippen molar-refractivity contribution in [1.29, 1.82) is 0 Å². The molecule has 0 unspecified atom stereocenters. The number of anilines is 1. The minimum absolute atomic E-state index is 0.0195. The van der Waals surface area contributed by atoms with Crippen molar-refractivity contribution in [3.8, 4) is 0 Å². The summed E-state index contributed by atoms with van der Waals surface area (Å²) in [5.74, 6) is -2.69. The molecule has 3 rings (SSSR count). The molecule has 0 radical (unpaired) electrons. The summed E-state index contributed by atoms with van der Waals surface area (Å²) in [6.45, 7) is 7.75. The van der Waals surface area contributed by atoms with Gasteiger partial charge in [0.05, 0.1) is 12.1 Å². The second-order valence-electron chi connectivity index (χ2n) is 5.51. The molecule has 0 atom stereocenters. The van der Waals surface area contributed by atoms with Crippen LogP contribution in [0.1, 0.15) is 40.2 Å². The van der Waals surface area contributed by atoms with Crippen LogP contribution in [0.15, 0.2) is 18.2 Å². The van der Waals surface area contributed by atoms with Gasteiger partial charge in [-0.15, -0.1) is 0 Å². The van der Waals surface area contributed by atoms with Crippen LogP contribution >= 0.6 is 0 Å². The lowest BCUT2D eigenvalue weighted by molar-refractivity contribution is 0.0256. The number of para-hydroxylation sites is 1. The van der Waals surface area contributed by atoms with Crippen molar-refractivity contribution < 1.29 is 13.2 Å². The first-order valence-corrected chi connectivity index (χ1v) is 7.68. The first-order chi connectivity index (χ1) is 10.4. The Morgan fingerprint density at radius 3 is 2.45 bits per heavy atom. The van der Waals surface area contributed by atoms with Gasteiger partial charge >= 0.3 is 0 Å². The van der Waals surface area contributed by atoms with E-state index in [4.69, 9.17) is 0 Å². The number of fused-ring (bicyclic) bond motifs is 1. The van der Waals surface area contributed by atoms with E-state index in [1.54, 1.807) is 17.0 Å². The average molecular weight is 313 g/mol. The van der Waals surface area contributed by atoms with Gasteiger partial charge in [0.15, 0.2) is 5.82 Å². The Morgan fingerprint density at radius 2 is 1.91 bits per heavy atom. The van der Waals surface area contributed by atoms with Crippen molar-refractivity contribution >= 4 is 17.0 Å². The standard InChI is InChI=1S/C14H16F3N3.C2H6/c1-9(2)20-11-5-3-4-10(15)12(11)18-13(20)19-7-6-14(16,17)8-19;1-2/h3-5,9H,6-8H2,1-2H3;1-2H3. The molecule has 0 saturated carbocycles. The van der Waals surface area contributed by atoms with Gasteiger partial charge in [-0.1, -0.05) is 19.9 Å². The maximum Gasteiger partial charge on any atom is 0.267 e. The van der Waals surface area contributed by atoms with Gasteiger partial charge in [-0.25, -0.2) is 18.2 Å². The normalized spacial score (nSPS) is 17.0. The zero-order valence-corrected chi connectivity index (χ0v) is 13.4. The van der Waals surface area contributed by atoms with Crippen LogP contribution in [0.3, 0.4) is 0 Å². The SMILES string of the molecule is CC.CC(C)n1c(N2CCC(F)(F)C2)nc2c(F)cccc21. The molecule has 1 saturated heterocycles. The molecule has 0 bridgehead atoms. The summed E-state index contributed by atoms with van der Waals surface area (Å²) in [5, 5.41) is 0. The first kappa shape index (κ1) is 16.6. The van der Waals surface area contributed by atoms with Crippen LogP contribution in [0, 0.1) is 5.82 Å². The molecule has 0 amide bonds. The van der Waals surface area contributed by atoms with Crippen molar-refractivity contribution in [1.82, 2.24) is 9.55 Å². The van der Waals surface area contributed by atoms with E-state index in [1.165, 1.54) is 6.07 Å². The summed E-state index contributed by atoms with van der Waals surface area (Å²) >= 11 is 0. The van der Waals surface area contributed by atoms with E-state index in [0.29, 0.717) is 11.5 Å². The average Bonchev–Trinajstić information content (AvgIpc) is 3.02. The van der Waals surface area contributed by atoms with Crippen LogP contribution in [-0.4, -0.2) is 28.6 Å². The van der Waals surface area contributed by atoms with E-state index in [0.717, 1.165) is 0 Å². The molecular weight excluding hydrogens is 291 g/mol. The van der Waals surface area contributed by atoms with Crippen molar-refractivity contribution in [2.45, 2.75) is 46.1 Å². The van der Waals surface area contributed by atoms with Crippen LogP contribution < -0.4 is 4.90 Å². The lowest BCUT2D eigenvalue weighted by Crippen LogP contribution is -2.27. The zero-order valence-electron chi connectivity index (χ0n) is 13.4. The lowest BCUT2D eigenvalue weighted by Gasteiger charge is -2.21. The van der Waals surface area contributed by atoms with Gasteiger partial charge in [0.25, 0.3) is 5.92 Å². The number of alkyl halides is 2. The van der Waals surface area contributed by atoms with Gasteiger partial charge in [-0.3, -0.25) is 0 Å². The van der Waals surface area contributed by atoms with E-state index in [1.807, 2.05) is 32.3 Å². The molecule has 122 valence electrons. The molecular formula is C16H22F3N3. The largest absolute Gasteiger partial charge is 0.336 e. The lowest BCUT2D eigenvalue weighted by atomic mass is 10.3. The van der Waals surface area contributed by atoms with Crippen molar-refractivity contribution in [2.24, 2.45) is 0 Å². The Kier molecular flexibility index (Phi) is 4.68. The molecule has 1 aromatic carbocycles. The molecule has 1 aromatic heterocycles. The fourth-order valence-corrected chi connectivity index (χ4v) is 2.71.